The number of halogens is 2. The fraction of sp³-hybridized carbons (Fsp3) is 0.435. The number of hydrogen-bond acceptors (Lipinski definition) is 3. The summed E-state index contributed by atoms with van der Waals surface area (Å²) in [5, 5.41) is 4.85. The fourth-order valence-corrected chi connectivity index (χ4v) is 4.84. The van der Waals surface area contributed by atoms with Crippen molar-refractivity contribution in [2.75, 3.05) is 31.1 Å². The van der Waals surface area contributed by atoms with E-state index < -0.39 is 0 Å². The molecule has 2 aromatic carbocycles. The first-order chi connectivity index (χ1) is 14.0. The van der Waals surface area contributed by atoms with Crippen molar-refractivity contribution in [1.29, 1.82) is 0 Å². The van der Waals surface area contributed by atoms with E-state index in [0.717, 1.165) is 54.2 Å². The van der Waals surface area contributed by atoms with E-state index in [1.54, 1.807) is 0 Å². The van der Waals surface area contributed by atoms with Gasteiger partial charge in [0.15, 0.2) is 0 Å². The van der Waals surface area contributed by atoms with Gasteiger partial charge in [-0.1, -0.05) is 47.8 Å². The number of hydrogen-bond donors (Lipinski definition) is 1. The van der Waals surface area contributed by atoms with Crippen LogP contribution in [0.4, 0.5) is 5.69 Å². The van der Waals surface area contributed by atoms with Gasteiger partial charge in [-0.3, -0.25) is 4.79 Å². The Morgan fingerprint density at radius 3 is 2.55 bits per heavy atom. The van der Waals surface area contributed by atoms with Crippen molar-refractivity contribution in [3.05, 3.63) is 63.6 Å². The van der Waals surface area contributed by atoms with Gasteiger partial charge in [0.05, 0.1) is 22.8 Å². The number of aryl methyl sites for hydroxylation is 1. The summed E-state index contributed by atoms with van der Waals surface area (Å²) in [5.41, 5.74) is 3.29. The SMILES string of the molecule is Cc1ccc(N2CCN(C(=O)C3CCCCN3)C[C@H]2c2ccc(Cl)cc2)c(Cl)c1. The highest BCUT2D eigenvalue weighted by atomic mass is 35.5. The molecule has 0 radical (unpaired) electrons. The zero-order valence-electron chi connectivity index (χ0n) is 16.7. The van der Waals surface area contributed by atoms with Gasteiger partial charge in [-0.2, -0.15) is 0 Å². The van der Waals surface area contributed by atoms with Gasteiger partial charge >= 0.3 is 0 Å². The molecule has 0 spiro atoms. The second kappa shape index (κ2) is 8.95. The van der Waals surface area contributed by atoms with Crippen molar-refractivity contribution in [1.82, 2.24) is 10.2 Å². The van der Waals surface area contributed by atoms with E-state index in [1.165, 1.54) is 0 Å². The van der Waals surface area contributed by atoms with Gasteiger partial charge in [-0.25, -0.2) is 0 Å². The molecule has 4 nitrogen and oxygen atoms in total. The lowest BCUT2D eigenvalue weighted by molar-refractivity contribution is -0.134. The van der Waals surface area contributed by atoms with Crippen LogP contribution < -0.4 is 10.2 Å². The fourth-order valence-electron chi connectivity index (χ4n) is 4.37. The molecule has 1 unspecified atom stereocenters. The number of piperazine rings is 1. The van der Waals surface area contributed by atoms with Crippen LogP contribution in [0.15, 0.2) is 42.5 Å². The Balaban J connectivity index is 1.62. The number of amides is 1. The largest absolute Gasteiger partial charge is 0.360 e. The highest BCUT2D eigenvalue weighted by Crippen LogP contribution is 2.36. The van der Waals surface area contributed by atoms with Crippen LogP contribution in [0.3, 0.4) is 0 Å². The van der Waals surface area contributed by atoms with Crippen molar-refractivity contribution in [3.63, 3.8) is 0 Å². The van der Waals surface area contributed by atoms with Gasteiger partial charge in [0, 0.05) is 24.7 Å². The number of carbonyl (C=O) groups is 1. The van der Waals surface area contributed by atoms with Crippen LogP contribution in [0.2, 0.25) is 10.0 Å². The zero-order chi connectivity index (χ0) is 20.4. The highest BCUT2D eigenvalue weighted by Gasteiger charge is 2.34. The molecule has 154 valence electrons. The second-order valence-corrected chi connectivity index (χ2v) is 8.85. The quantitative estimate of drug-likeness (QED) is 0.755. The Hall–Kier alpha value is -1.75. The highest BCUT2D eigenvalue weighted by molar-refractivity contribution is 6.33. The number of nitrogens with zero attached hydrogens (tertiary/aromatic N) is 2. The first kappa shape index (κ1) is 20.5. The molecule has 1 N–H and O–H groups in total. The Morgan fingerprint density at radius 1 is 1.07 bits per heavy atom. The van der Waals surface area contributed by atoms with Gasteiger partial charge < -0.3 is 15.1 Å². The van der Waals surface area contributed by atoms with Crippen LogP contribution in [0.25, 0.3) is 0 Å². The third kappa shape index (κ3) is 4.55. The molecule has 1 amide bonds. The second-order valence-electron chi connectivity index (χ2n) is 8.00. The summed E-state index contributed by atoms with van der Waals surface area (Å²) in [5.74, 6) is 0.221. The molecule has 2 aliphatic heterocycles. The normalized spacial score (nSPS) is 22.6. The summed E-state index contributed by atoms with van der Waals surface area (Å²) in [6.45, 7) is 5.05. The Morgan fingerprint density at radius 2 is 1.86 bits per heavy atom. The lowest BCUT2D eigenvalue weighted by Gasteiger charge is -2.44. The molecule has 2 aliphatic rings. The molecule has 4 rings (SSSR count). The molecule has 2 aromatic rings. The lowest BCUT2D eigenvalue weighted by Crippen LogP contribution is -2.56. The molecule has 0 aromatic heterocycles. The molecular formula is C23H27Cl2N3O. The van der Waals surface area contributed by atoms with Crippen molar-refractivity contribution in [2.45, 2.75) is 38.3 Å². The number of rotatable bonds is 3. The van der Waals surface area contributed by atoms with Crippen LogP contribution in [-0.4, -0.2) is 43.0 Å². The minimum absolute atomic E-state index is 0.0359. The first-order valence-electron chi connectivity index (χ1n) is 10.3. The monoisotopic (exact) mass is 431 g/mol. The average molecular weight is 432 g/mol. The van der Waals surface area contributed by atoms with E-state index >= 15 is 0 Å². The summed E-state index contributed by atoms with van der Waals surface area (Å²) in [6, 6.07) is 14.1. The first-order valence-corrected chi connectivity index (χ1v) is 11.1. The molecular weight excluding hydrogens is 405 g/mol. The van der Waals surface area contributed by atoms with E-state index in [4.69, 9.17) is 23.2 Å². The maximum Gasteiger partial charge on any atom is 0.239 e. The molecule has 2 saturated heterocycles. The number of piperidine rings is 1. The van der Waals surface area contributed by atoms with E-state index in [0.29, 0.717) is 18.1 Å². The topological polar surface area (TPSA) is 35.6 Å². The minimum atomic E-state index is -0.0517. The molecule has 29 heavy (non-hydrogen) atoms. The molecule has 2 fully saturated rings. The zero-order valence-corrected chi connectivity index (χ0v) is 18.2. The molecule has 0 saturated carbocycles. The van der Waals surface area contributed by atoms with Gasteiger partial charge in [-0.15, -0.1) is 0 Å². The van der Waals surface area contributed by atoms with Crippen LogP contribution >= 0.6 is 23.2 Å². The molecule has 0 bridgehead atoms. The summed E-state index contributed by atoms with van der Waals surface area (Å²) in [6.07, 6.45) is 3.19. The van der Waals surface area contributed by atoms with Crippen molar-refractivity contribution >= 4 is 34.8 Å². The predicted molar refractivity (Wildman–Crippen MR) is 120 cm³/mol. The average Bonchev–Trinajstić information content (AvgIpc) is 2.74. The van der Waals surface area contributed by atoms with Crippen LogP contribution in [-0.2, 0) is 4.79 Å². The standard InChI is InChI=1S/C23H27Cl2N3O/c1-16-5-10-21(19(25)14-16)28-13-12-27(23(29)20-4-2-3-11-26-20)15-22(28)17-6-8-18(24)9-7-17/h5-10,14,20,22,26H,2-4,11-13,15H2,1H3/t20?,22-/m0/s1. The maximum absolute atomic E-state index is 13.1. The maximum atomic E-state index is 13.1. The van der Waals surface area contributed by atoms with E-state index in [2.05, 4.69) is 34.5 Å². The van der Waals surface area contributed by atoms with Gasteiger partial charge in [0.1, 0.15) is 0 Å². The van der Waals surface area contributed by atoms with Crippen LogP contribution in [0, 0.1) is 6.92 Å². The lowest BCUT2D eigenvalue weighted by atomic mass is 9.99. The molecule has 2 atom stereocenters. The van der Waals surface area contributed by atoms with E-state index in [1.807, 2.05) is 30.0 Å². The summed E-state index contributed by atoms with van der Waals surface area (Å²) in [7, 11) is 0. The van der Waals surface area contributed by atoms with Crippen LogP contribution in [0.1, 0.15) is 36.4 Å². The molecule has 2 heterocycles. The van der Waals surface area contributed by atoms with Crippen molar-refractivity contribution < 1.29 is 4.79 Å². The molecule has 6 heteroatoms. The summed E-state index contributed by atoms with van der Waals surface area (Å²) >= 11 is 12.7. The minimum Gasteiger partial charge on any atom is -0.360 e. The number of anilines is 1. The van der Waals surface area contributed by atoms with Gasteiger partial charge in [0.25, 0.3) is 0 Å². The van der Waals surface area contributed by atoms with Crippen LogP contribution in [0.5, 0.6) is 0 Å². The van der Waals surface area contributed by atoms with E-state index in [9.17, 15) is 4.79 Å². The number of carbonyl (C=O) groups excluding carboxylic acids is 1. The van der Waals surface area contributed by atoms with Crippen molar-refractivity contribution in [2.24, 2.45) is 0 Å². The summed E-state index contributed by atoms with van der Waals surface area (Å²) < 4.78 is 0. The summed E-state index contributed by atoms with van der Waals surface area (Å²) in [4.78, 5) is 17.5. The molecule has 0 aliphatic carbocycles. The third-order valence-electron chi connectivity index (χ3n) is 5.97. The Bertz CT molecular complexity index is 865. The smallest absolute Gasteiger partial charge is 0.239 e. The van der Waals surface area contributed by atoms with Gasteiger partial charge in [-0.05, 0) is 61.7 Å². The van der Waals surface area contributed by atoms with E-state index in [-0.39, 0.29) is 18.0 Å². The Kier molecular flexibility index (Phi) is 6.33. The number of nitrogens with one attached hydrogen (secondary N) is 1. The van der Waals surface area contributed by atoms with Crippen molar-refractivity contribution in [3.8, 4) is 0 Å². The predicted octanol–water partition coefficient (Wildman–Crippen LogP) is 4.83. The Labute approximate surface area is 182 Å². The third-order valence-corrected chi connectivity index (χ3v) is 6.52. The van der Waals surface area contributed by atoms with Gasteiger partial charge in [0.2, 0.25) is 5.91 Å². The number of benzene rings is 2.